The van der Waals surface area contributed by atoms with Gasteiger partial charge in [-0.3, -0.25) is 4.18 Å². The topological polar surface area (TPSA) is 72.8 Å². The smallest absolute Gasteiger partial charge is 0.297 e. The van der Waals surface area contributed by atoms with Crippen LogP contribution in [0.2, 0.25) is 0 Å². The van der Waals surface area contributed by atoms with Gasteiger partial charge in [0.15, 0.2) is 0 Å². The first-order valence-corrected chi connectivity index (χ1v) is 12.8. The molecule has 0 aliphatic rings. The van der Waals surface area contributed by atoms with Crippen molar-refractivity contribution in [2.24, 2.45) is 0 Å². The van der Waals surface area contributed by atoms with Gasteiger partial charge in [0.1, 0.15) is 5.75 Å². The van der Waals surface area contributed by atoms with E-state index in [0.717, 1.165) is 44.7 Å². The fraction of sp³-hybridized carbons (Fsp3) is 0.357. The van der Waals surface area contributed by atoms with E-state index in [2.05, 4.69) is 0 Å². The van der Waals surface area contributed by atoms with Crippen LogP contribution in [0.3, 0.4) is 0 Å². The Hall–Kier alpha value is -2.67. The maximum Gasteiger partial charge on any atom is 0.297 e. The van der Waals surface area contributed by atoms with Crippen LogP contribution in [-0.4, -0.2) is 25.7 Å². The number of aliphatic hydroxyl groups is 1. The van der Waals surface area contributed by atoms with Crippen LogP contribution in [0.5, 0.6) is 5.75 Å². The van der Waals surface area contributed by atoms with Crippen molar-refractivity contribution in [2.45, 2.75) is 65.1 Å². The SMILES string of the molecule is Cc1ccc(S(=O)(=O)OCc2cccc(-c3c(C)cc(OCCC(C)(C)O)cc3C)c2C)cc1. The minimum absolute atomic E-state index is 0.0356. The third-order valence-corrected chi connectivity index (χ3v) is 7.16. The largest absolute Gasteiger partial charge is 0.493 e. The second-order valence-electron chi connectivity index (χ2n) is 9.46. The van der Waals surface area contributed by atoms with Crippen molar-refractivity contribution in [3.8, 4) is 16.9 Å². The van der Waals surface area contributed by atoms with E-state index >= 15 is 0 Å². The van der Waals surface area contributed by atoms with E-state index in [-0.39, 0.29) is 11.5 Å². The first kappa shape index (κ1) is 25.9. The van der Waals surface area contributed by atoms with Crippen LogP contribution in [-0.2, 0) is 20.9 Å². The fourth-order valence-electron chi connectivity index (χ4n) is 3.88. The molecule has 3 aromatic rings. The van der Waals surface area contributed by atoms with Gasteiger partial charge in [-0.25, -0.2) is 0 Å². The maximum absolute atomic E-state index is 12.6. The number of hydrogen-bond donors (Lipinski definition) is 1. The molecule has 6 heteroatoms. The molecule has 0 fully saturated rings. The summed E-state index contributed by atoms with van der Waals surface area (Å²) < 4.78 is 36.5. The monoisotopic (exact) mass is 482 g/mol. The van der Waals surface area contributed by atoms with E-state index in [9.17, 15) is 13.5 Å². The molecule has 3 aromatic carbocycles. The van der Waals surface area contributed by atoms with Gasteiger partial charge in [-0.1, -0.05) is 35.9 Å². The summed E-state index contributed by atoms with van der Waals surface area (Å²) in [5.74, 6) is 0.768. The van der Waals surface area contributed by atoms with Gasteiger partial charge in [-0.15, -0.1) is 0 Å². The Balaban J connectivity index is 1.82. The molecule has 0 saturated carbocycles. The highest BCUT2D eigenvalue weighted by molar-refractivity contribution is 7.86. The molecular weight excluding hydrogens is 448 g/mol. The summed E-state index contributed by atoms with van der Waals surface area (Å²) >= 11 is 0. The molecule has 0 aliphatic carbocycles. The van der Waals surface area contributed by atoms with Gasteiger partial charge in [0.25, 0.3) is 10.1 Å². The Kier molecular flexibility index (Phi) is 7.86. The Bertz CT molecular complexity index is 1230. The molecule has 0 aliphatic heterocycles. The summed E-state index contributed by atoms with van der Waals surface area (Å²) in [6.07, 6.45) is 0.541. The second-order valence-corrected chi connectivity index (χ2v) is 11.1. The van der Waals surface area contributed by atoms with Crippen LogP contribution in [0.1, 0.15) is 48.1 Å². The van der Waals surface area contributed by atoms with Gasteiger partial charge in [-0.05, 0) is 99.2 Å². The van der Waals surface area contributed by atoms with E-state index in [4.69, 9.17) is 8.92 Å². The Morgan fingerprint density at radius 3 is 2.12 bits per heavy atom. The Labute approximate surface area is 203 Å². The maximum atomic E-state index is 12.6. The molecule has 1 N–H and O–H groups in total. The minimum Gasteiger partial charge on any atom is -0.493 e. The fourth-order valence-corrected chi connectivity index (χ4v) is 4.76. The summed E-state index contributed by atoms with van der Waals surface area (Å²) in [4.78, 5) is 0.152. The minimum atomic E-state index is -3.85. The zero-order valence-electron chi connectivity index (χ0n) is 20.8. The second kappa shape index (κ2) is 10.3. The van der Waals surface area contributed by atoms with E-state index in [1.165, 1.54) is 0 Å². The molecule has 0 radical (unpaired) electrons. The average Bonchev–Trinajstić information content (AvgIpc) is 2.73. The molecule has 3 rings (SSSR count). The van der Waals surface area contributed by atoms with Crippen LogP contribution in [0, 0.1) is 27.7 Å². The quantitative estimate of drug-likeness (QED) is 0.377. The van der Waals surface area contributed by atoms with Gasteiger partial charge < -0.3 is 9.84 Å². The standard InChI is InChI=1S/C28H34O5S/c1-19-10-12-25(13-11-19)34(30,31)33-18-23-8-7-9-26(22(23)4)27-20(2)16-24(17-21(27)3)32-15-14-28(5,6)29/h7-13,16-17,29H,14-15,18H2,1-6H3. The average molecular weight is 483 g/mol. The molecule has 182 valence electrons. The van der Waals surface area contributed by atoms with Crippen LogP contribution < -0.4 is 4.74 Å². The zero-order valence-corrected chi connectivity index (χ0v) is 21.6. The third-order valence-electron chi connectivity index (χ3n) is 5.88. The van der Waals surface area contributed by atoms with Crippen molar-refractivity contribution in [1.29, 1.82) is 0 Å². The predicted molar refractivity (Wildman–Crippen MR) is 136 cm³/mol. The molecule has 0 heterocycles. The molecule has 0 bridgehead atoms. The molecule has 34 heavy (non-hydrogen) atoms. The lowest BCUT2D eigenvalue weighted by molar-refractivity contribution is 0.0553. The first-order chi connectivity index (χ1) is 15.9. The predicted octanol–water partition coefficient (Wildman–Crippen LogP) is 6.03. The van der Waals surface area contributed by atoms with Crippen LogP contribution >= 0.6 is 0 Å². The first-order valence-electron chi connectivity index (χ1n) is 11.4. The summed E-state index contributed by atoms with van der Waals surface area (Å²) in [6.45, 7) is 11.9. The van der Waals surface area contributed by atoms with Gasteiger partial charge in [0.2, 0.25) is 0 Å². The summed E-state index contributed by atoms with van der Waals surface area (Å²) in [7, 11) is -3.85. The molecule has 0 amide bonds. The Morgan fingerprint density at radius 1 is 0.912 bits per heavy atom. The normalized spacial score (nSPS) is 12.1. The van der Waals surface area contributed by atoms with Crippen molar-refractivity contribution in [3.05, 3.63) is 82.4 Å². The lowest BCUT2D eigenvalue weighted by Crippen LogP contribution is -2.21. The van der Waals surface area contributed by atoms with Gasteiger partial charge in [0, 0.05) is 6.42 Å². The van der Waals surface area contributed by atoms with Gasteiger partial charge in [0.05, 0.1) is 23.7 Å². The zero-order chi connectivity index (χ0) is 25.1. The highest BCUT2D eigenvalue weighted by Crippen LogP contribution is 2.34. The van der Waals surface area contributed by atoms with Gasteiger partial charge >= 0.3 is 0 Å². The number of rotatable bonds is 9. The van der Waals surface area contributed by atoms with E-state index in [0.29, 0.717) is 13.0 Å². The lowest BCUT2D eigenvalue weighted by atomic mass is 9.90. The summed E-state index contributed by atoms with van der Waals surface area (Å²) in [5, 5.41) is 9.90. The summed E-state index contributed by atoms with van der Waals surface area (Å²) in [5.41, 5.74) is 6.26. The van der Waals surface area contributed by atoms with E-state index in [1.807, 2.05) is 58.0 Å². The molecule has 0 saturated heterocycles. The highest BCUT2D eigenvalue weighted by Gasteiger charge is 2.18. The molecule has 0 atom stereocenters. The van der Waals surface area contributed by atoms with Gasteiger partial charge in [-0.2, -0.15) is 8.42 Å². The van der Waals surface area contributed by atoms with Crippen molar-refractivity contribution in [3.63, 3.8) is 0 Å². The van der Waals surface area contributed by atoms with Crippen molar-refractivity contribution in [2.75, 3.05) is 6.61 Å². The van der Waals surface area contributed by atoms with E-state index < -0.39 is 15.7 Å². The van der Waals surface area contributed by atoms with Crippen molar-refractivity contribution < 1.29 is 22.4 Å². The number of hydrogen-bond acceptors (Lipinski definition) is 5. The van der Waals surface area contributed by atoms with Crippen LogP contribution in [0.25, 0.3) is 11.1 Å². The van der Waals surface area contributed by atoms with Crippen LogP contribution in [0.15, 0.2) is 59.5 Å². The molecular formula is C28H34O5S. The molecule has 5 nitrogen and oxygen atoms in total. The van der Waals surface area contributed by atoms with E-state index in [1.54, 1.807) is 38.1 Å². The van der Waals surface area contributed by atoms with Crippen molar-refractivity contribution in [1.82, 2.24) is 0 Å². The summed E-state index contributed by atoms with van der Waals surface area (Å²) in [6, 6.07) is 16.5. The number of benzene rings is 3. The highest BCUT2D eigenvalue weighted by atomic mass is 32.2. The molecule has 0 unspecified atom stereocenters. The Morgan fingerprint density at radius 2 is 1.53 bits per heavy atom. The molecule has 0 aromatic heterocycles. The number of aryl methyl sites for hydroxylation is 3. The third kappa shape index (κ3) is 6.47. The molecule has 0 spiro atoms. The van der Waals surface area contributed by atoms with Crippen molar-refractivity contribution >= 4 is 10.1 Å². The number of ether oxygens (including phenoxy) is 1. The lowest BCUT2D eigenvalue weighted by Gasteiger charge is -2.19. The van der Waals surface area contributed by atoms with Crippen LogP contribution in [0.4, 0.5) is 0 Å².